The molecule has 1 saturated heterocycles. The molecular weight excluding hydrogens is 226 g/mol. The smallest absolute Gasteiger partial charge is 0.253 e. The van der Waals surface area contributed by atoms with Gasteiger partial charge in [0.15, 0.2) is 0 Å². The summed E-state index contributed by atoms with van der Waals surface area (Å²) in [6.45, 7) is 1.78. The van der Waals surface area contributed by atoms with Crippen molar-refractivity contribution in [1.82, 2.24) is 4.90 Å². The highest BCUT2D eigenvalue weighted by molar-refractivity contribution is 6.02. The van der Waals surface area contributed by atoms with Gasteiger partial charge in [-0.05, 0) is 31.4 Å². The second-order valence-corrected chi connectivity index (χ2v) is 4.48. The largest absolute Gasteiger partial charge is 0.276 e. The van der Waals surface area contributed by atoms with Crippen LogP contribution in [-0.2, 0) is 16.0 Å². The van der Waals surface area contributed by atoms with Gasteiger partial charge in [-0.15, -0.1) is 0 Å². The number of hydrogen-bond acceptors (Lipinski definition) is 2. The van der Waals surface area contributed by atoms with Crippen LogP contribution in [0.2, 0.25) is 0 Å². The summed E-state index contributed by atoms with van der Waals surface area (Å²) in [5.74, 6) is -0.250. The van der Waals surface area contributed by atoms with Crippen LogP contribution in [-0.4, -0.2) is 22.8 Å². The SMILES string of the molecule is C/C=C/C(=O)N1C(=O)CC[C@@H]1Cc1ccccc1. The van der Waals surface area contributed by atoms with E-state index in [0.29, 0.717) is 6.42 Å². The normalized spacial score (nSPS) is 19.7. The molecule has 0 unspecified atom stereocenters. The molecule has 0 saturated carbocycles. The van der Waals surface area contributed by atoms with Gasteiger partial charge in [0.2, 0.25) is 5.91 Å². The van der Waals surface area contributed by atoms with Crippen molar-refractivity contribution < 1.29 is 9.59 Å². The summed E-state index contributed by atoms with van der Waals surface area (Å²) in [6, 6.07) is 9.98. The fourth-order valence-electron chi connectivity index (χ4n) is 2.35. The molecule has 94 valence electrons. The predicted molar refractivity (Wildman–Crippen MR) is 69.8 cm³/mol. The molecule has 0 bridgehead atoms. The Kier molecular flexibility index (Phi) is 3.92. The molecule has 1 aromatic carbocycles. The summed E-state index contributed by atoms with van der Waals surface area (Å²) in [4.78, 5) is 25.0. The van der Waals surface area contributed by atoms with E-state index in [1.807, 2.05) is 30.3 Å². The average molecular weight is 243 g/mol. The van der Waals surface area contributed by atoms with Crippen LogP contribution >= 0.6 is 0 Å². The summed E-state index contributed by atoms with van der Waals surface area (Å²) in [5, 5.41) is 0. The maximum atomic E-state index is 11.9. The van der Waals surface area contributed by atoms with Gasteiger partial charge in [-0.25, -0.2) is 0 Å². The van der Waals surface area contributed by atoms with Crippen LogP contribution in [0.15, 0.2) is 42.5 Å². The number of benzene rings is 1. The molecule has 18 heavy (non-hydrogen) atoms. The Bertz CT molecular complexity index is 465. The summed E-state index contributed by atoms with van der Waals surface area (Å²) in [5.41, 5.74) is 1.16. The van der Waals surface area contributed by atoms with Gasteiger partial charge in [0.25, 0.3) is 5.91 Å². The van der Waals surface area contributed by atoms with Crippen molar-refractivity contribution in [2.75, 3.05) is 0 Å². The molecule has 1 atom stereocenters. The zero-order valence-electron chi connectivity index (χ0n) is 10.5. The molecule has 0 aromatic heterocycles. The van der Waals surface area contributed by atoms with Crippen LogP contribution in [0.3, 0.4) is 0 Å². The lowest BCUT2D eigenvalue weighted by molar-refractivity contribution is -0.140. The first-order valence-electron chi connectivity index (χ1n) is 6.25. The third kappa shape index (κ3) is 2.67. The van der Waals surface area contributed by atoms with E-state index in [4.69, 9.17) is 0 Å². The zero-order chi connectivity index (χ0) is 13.0. The van der Waals surface area contributed by atoms with E-state index >= 15 is 0 Å². The van der Waals surface area contributed by atoms with Crippen molar-refractivity contribution >= 4 is 11.8 Å². The Morgan fingerprint density at radius 2 is 2.11 bits per heavy atom. The number of amides is 2. The van der Waals surface area contributed by atoms with Crippen LogP contribution in [0.5, 0.6) is 0 Å². The standard InChI is InChI=1S/C15H17NO2/c1-2-6-14(17)16-13(9-10-15(16)18)11-12-7-4-3-5-8-12/h2-8,13H,9-11H2,1H3/b6-2+/t13-/m1/s1. The van der Waals surface area contributed by atoms with Crippen LogP contribution in [0.25, 0.3) is 0 Å². The molecule has 1 fully saturated rings. The molecule has 0 radical (unpaired) electrons. The number of imide groups is 1. The third-order valence-electron chi connectivity index (χ3n) is 3.19. The van der Waals surface area contributed by atoms with Crippen LogP contribution in [0, 0.1) is 0 Å². The average Bonchev–Trinajstić information content (AvgIpc) is 2.72. The quantitative estimate of drug-likeness (QED) is 0.764. The summed E-state index contributed by atoms with van der Waals surface area (Å²) in [7, 11) is 0. The molecule has 1 aromatic rings. The number of carbonyl (C=O) groups is 2. The monoisotopic (exact) mass is 243 g/mol. The van der Waals surface area contributed by atoms with E-state index < -0.39 is 0 Å². The van der Waals surface area contributed by atoms with E-state index in [2.05, 4.69) is 0 Å². The minimum Gasteiger partial charge on any atom is -0.276 e. The van der Waals surface area contributed by atoms with Crippen LogP contribution in [0.4, 0.5) is 0 Å². The highest BCUT2D eigenvalue weighted by atomic mass is 16.2. The van der Waals surface area contributed by atoms with Crippen molar-refractivity contribution in [2.24, 2.45) is 0 Å². The van der Waals surface area contributed by atoms with Crippen LogP contribution in [0.1, 0.15) is 25.3 Å². The first-order chi connectivity index (χ1) is 8.72. The van der Waals surface area contributed by atoms with Gasteiger partial charge in [0, 0.05) is 12.5 Å². The van der Waals surface area contributed by atoms with Gasteiger partial charge >= 0.3 is 0 Å². The topological polar surface area (TPSA) is 37.4 Å². The molecule has 3 heteroatoms. The summed E-state index contributed by atoms with van der Waals surface area (Å²) in [6.07, 6.45) is 5.11. The number of carbonyl (C=O) groups excluding carboxylic acids is 2. The Morgan fingerprint density at radius 1 is 1.39 bits per heavy atom. The van der Waals surface area contributed by atoms with Crippen molar-refractivity contribution in [2.45, 2.75) is 32.2 Å². The predicted octanol–water partition coefficient (Wildman–Crippen LogP) is 2.32. The van der Waals surface area contributed by atoms with Crippen molar-refractivity contribution in [3.63, 3.8) is 0 Å². The number of allylic oxidation sites excluding steroid dienone is 1. The van der Waals surface area contributed by atoms with Crippen molar-refractivity contribution in [3.8, 4) is 0 Å². The first kappa shape index (κ1) is 12.6. The van der Waals surface area contributed by atoms with Crippen molar-refractivity contribution in [1.29, 1.82) is 0 Å². The minimum atomic E-state index is -0.194. The number of nitrogens with zero attached hydrogens (tertiary/aromatic N) is 1. The Labute approximate surface area is 107 Å². The van der Waals surface area contributed by atoms with E-state index in [1.165, 1.54) is 11.0 Å². The number of rotatable bonds is 3. The van der Waals surface area contributed by atoms with Gasteiger partial charge < -0.3 is 0 Å². The lowest BCUT2D eigenvalue weighted by Crippen LogP contribution is -2.38. The Balaban J connectivity index is 2.12. The van der Waals surface area contributed by atoms with Gasteiger partial charge in [-0.1, -0.05) is 36.4 Å². The van der Waals surface area contributed by atoms with Crippen LogP contribution < -0.4 is 0 Å². The second kappa shape index (κ2) is 5.63. The minimum absolute atomic E-state index is 0.00333. The van der Waals surface area contributed by atoms with E-state index in [-0.39, 0.29) is 17.9 Å². The summed E-state index contributed by atoms with van der Waals surface area (Å²) >= 11 is 0. The van der Waals surface area contributed by atoms with Gasteiger partial charge in [-0.3, -0.25) is 14.5 Å². The molecule has 1 aliphatic heterocycles. The van der Waals surface area contributed by atoms with E-state index in [0.717, 1.165) is 18.4 Å². The fraction of sp³-hybridized carbons (Fsp3) is 0.333. The Morgan fingerprint density at radius 3 is 2.78 bits per heavy atom. The van der Waals surface area contributed by atoms with Gasteiger partial charge in [-0.2, -0.15) is 0 Å². The Hall–Kier alpha value is -1.90. The highest BCUT2D eigenvalue weighted by Crippen LogP contribution is 2.22. The maximum Gasteiger partial charge on any atom is 0.253 e. The molecule has 0 aliphatic carbocycles. The molecular formula is C15H17NO2. The maximum absolute atomic E-state index is 11.9. The summed E-state index contributed by atoms with van der Waals surface area (Å²) < 4.78 is 0. The molecule has 1 heterocycles. The second-order valence-electron chi connectivity index (χ2n) is 4.48. The third-order valence-corrected chi connectivity index (χ3v) is 3.19. The van der Waals surface area contributed by atoms with E-state index in [1.54, 1.807) is 13.0 Å². The van der Waals surface area contributed by atoms with Gasteiger partial charge in [0.1, 0.15) is 0 Å². The lowest BCUT2D eigenvalue weighted by atomic mass is 10.0. The molecule has 0 spiro atoms. The molecule has 0 N–H and O–H groups in total. The lowest BCUT2D eigenvalue weighted by Gasteiger charge is -2.21. The zero-order valence-corrected chi connectivity index (χ0v) is 10.5. The molecule has 2 rings (SSSR count). The highest BCUT2D eigenvalue weighted by Gasteiger charge is 2.34. The first-order valence-corrected chi connectivity index (χ1v) is 6.25. The molecule has 3 nitrogen and oxygen atoms in total. The number of likely N-dealkylation sites (tertiary alicyclic amines) is 1. The van der Waals surface area contributed by atoms with E-state index in [9.17, 15) is 9.59 Å². The molecule has 1 aliphatic rings. The molecule has 2 amide bonds. The fourth-order valence-corrected chi connectivity index (χ4v) is 2.35. The van der Waals surface area contributed by atoms with Crippen molar-refractivity contribution in [3.05, 3.63) is 48.0 Å². The van der Waals surface area contributed by atoms with Gasteiger partial charge in [0.05, 0.1) is 0 Å². The number of hydrogen-bond donors (Lipinski definition) is 0.